The van der Waals surface area contributed by atoms with Gasteiger partial charge in [0.05, 0.1) is 25.0 Å². The summed E-state index contributed by atoms with van der Waals surface area (Å²) in [5, 5.41) is 22.5. The number of benzene rings is 2. The van der Waals surface area contributed by atoms with Crippen molar-refractivity contribution >= 4 is 75.8 Å². The van der Waals surface area contributed by atoms with Crippen molar-refractivity contribution in [1.82, 2.24) is 62.4 Å². The van der Waals surface area contributed by atoms with Crippen LogP contribution in [0.15, 0.2) is 73.3 Å². The zero-order chi connectivity index (χ0) is 55.5. The third-order valence-corrected chi connectivity index (χ3v) is 13.9. The number of likely N-dealkylation sites (N-methyl/N-ethyl adjacent to an activating group) is 1. The molecule has 2 aromatic heterocycles. The number of hydrogen-bond acceptors (Lipinski definition) is 13. The molecule has 0 bridgehead atoms. The second-order valence-corrected chi connectivity index (χ2v) is 20.8. The van der Waals surface area contributed by atoms with E-state index < -0.39 is 96.0 Å². The molecule has 2 aromatic carbocycles. The van der Waals surface area contributed by atoms with Crippen molar-refractivity contribution in [2.75, 3.05) is 31.8 Å². The average molecular weight is 1070 g/mol. The van der Waals surface area contributed by atoms with Crippen molar-refractivity contribution in [3.8, 4) is 0 Å². The average Bonchev–Trinajstić information content (AvgIpc) is 4.17. The smallest absolute Gasteiger partial charge is 0.243 e. The number of amides is 9. The van der Waals surface area contributed by atoms with Crippen LogP contribution in [-0.2, 0) is 62.4 Å². The van der Waals surface area contributed by atoms with E-state index in [9.17, 15) is 43.2 Å². The molecule has 0 saturated carbocycles. The molecule has 23 nitrogen and oxygen atoms in total. The summed E-state index contributed by atoms with van der Waals surface area (Å²) in [6.07, 6.45) is 4.94. The molecule has 4 aromatic rings. The molecule has 5 rings (SSSR count). The van der Waals surface area contributed by atoms with Gasteiger partial charge < -0.3 is 64.0 Å². The van der Waals surface area contributed by atoms with Crippen LogP contribution < -0.4 is 54.0 Å². The molecule has 1 aliphatic heterocycles. The van der Waals surface area contributed by atoms with E-state index in [-0.39, 0.29) is 56.0 Å². The molecule has 24 heteroatoms. The van der Waals surface area contributed by atoms with Crippen molar-refractivity contribution in [1.29, 1.82) is 0 Å². The van der Waals surface area contributed by atoms with Crippen LogP contribution in [0.3, 0.4) is 0 Å². The Hall–Kier alpha value is -7.31. The Kier molecular flexibility index (Phi) is 22.8. The molecule has 9 amide bonds. The summed E-state index contributed by atoms with van der Waals surface area (Å²) in [4.78, 5) is 133. The van der Waals surface area contributed by atoms with E-state index in [1.807, 2.05) is 49.1 Å². The molecule has 1 aliphatic rings. The zero-order valence-electron chi connectivity index (χ0n) is 43.9. The van der Waals surface area contributed by atoms with E-state index in [0.29, 0.717) is 35.9 Å². The summed E-state index contributed by atoms with van der Waals surface area (Å²) in [6.45, 7) is 8.66. The number of nitrogens with zero attached hydrogens (tertiary/aromatic N) is 2. The molecule has 0 aliphatic carbocycles. The first kappa shape index (κ1) is 59.6. The predicted molar refractivity (Wildman–Crippen MR) is 287 cm³/mol. The Labute approximate surface area is 446 Å². The van der Waals surface area contributed by atoms with Gasteiger partial charge in [-0.2, -0.15) is 0 Å². The number of rotatable bonds is 29. The van der Waals surface area contributed by atoms with E-state index in [1.165, 1.54) is 19.4 Å². The first-order chi connectivity index (χ1) is 36.2. The normalized spacial score (nSPS) is 16.3. The fraction of sp³-hybridized carbons (Fsp3) is 0.500. The zero-order valence-corrected chi connectivity index (χ0v) is 44.7. The fourth-order valence-electron chi connectivity index (χ4n) is 8.74. The van der Waals surface area contributed by atoms with Gasteiger partial charge in [-0.05, 0) is 55.2 Å². The Morgan fingerprint density at radius 1 is 0.750 bits per heavy atom. The number of nitrogens with one attached hydrogen (secondary N) is 10. The number of aromatic amines is 2. The maximum Gasteiger partial charge on any atom is 0.243 e. The minimum atomic E-state index is -1.33. The molecule has 0 radical (unpaired) electrons. The Bertz CT molecular complexity index is 2610. The second kappa shape index (κ2) is 29.1. The summed E-state index contributed by atoms with van der Waals surface area (Å²) in [5.74, 6) is -4.79. The van der Waals surface area contributed by atoms with Gasteiger partial charge in [-0.1, -0.05) is 76.2 Å². The largest absolute Gasteiger partial charge is 0.370 e. The molecule has 412 valence electrons. The molecule has 1 fully saturated rings. The number of fused-ring (bicyclic) bond motifs is 1. The quantitative estimate of drug-likeness (QED) is 0.0323. The van der Waals surface area contributed by atoms with Crippen LogP contribution in [0.25, 0.3) is 10.9 Å². The SMILES string of the molecule is CNC(=O)[C@@H]1CSCN1C[C@H](CC(C)C)NC(=O)[C@H](Cc1cnc[nH]1)NC(=O)CNC(=O)[C@@H](NC(=O)[C@H](C)NC(=O)[C@H](Cc1c[nH]c2ccccc12)NC(=O)[C@H](CCC(N)=O)NC(=O)[C@H](N)Cc1ccccc1)C(C)C. The Morgan fingerprint density at radius 2 is 1.42 bits per heavy atom. The molecule has 3 heterocycles. The van der Waals surface area contributed by atoms with Crippen LogP contribution in [0, 0.1) is 11.8 Å². The molecule has 76 heavy (non-hydrogen) atoms. The number of thioether (sulfide) groups is 1. The molecular formula is C52H74N14O9S. The number of hydrogen-bond donors (Lipinski definition) is 12. The molecular weight excluding hydrogens is 997 g/mol. The second-order valence-electron chi connectivity index (χ2n) is 19.8. The highest BCUT2D eigenvalue weighted by Gasteiger charge is 2.35. The third-order valence-electron chi connectivity index (χ3n) is 12.8. The van der Waals surface area contributed by atoms with Crippen molar-refractivity contribution < 1.29 is 43.2 Å². The summed E-state index contributed by atoms with van der Waals surface area (Å²) in [7, 11) is 1.59. The van der Waals surface area contributed by atoms with Crippen LogP contribution in [0.1, 0.15) is 70.7 Å². The number of carbonyl (C=O) groups is 9. The van der Waals surface area contributed by atoms with Gasteiger partial charge in [0.15, 0.2) is 0 Å². The van der Waals surface area contributed by atoms with E-state index >= 15 is 0 Å². The number of primary amides is 1. The van der Waals surface area contributed by atoms with Gasteiger partial charge in [-0.3, -0.25) is 48.1 Å². The summed E-state index contributed by atoms with van der Waals surface area (Å²) in [5.41, 5.74) is 14.4. The van der Waals surface area contributed by atoms with Crippen LogP contribution in [0.4, 0.5) is 0 Å². The van der Waals surface area contributed by atoms with Gasteiger partial charge in [0, 0.05) is 79.5 Å². The molecule has 0 unspecified atom stereocenters. The lowest BCUT2D eigenvalue weighted by Crippen LogP contribution is -2.59. The maximum atomic E-state index is 14.2. The minimum Gasteiger partial charge on any atom is -0.370 e. The van der Waals surface area contributed by atoms with Gasteiger partial charge in [-0.15, -0.1) is 11.8 Å². The Morgan fingerprint density at radius 3 is 2.09 bits per heavy atom. The van der Waals surface area contributed by atoms with Crippen LogP contribution in [0.2, 0.25) is 0 Å². The topological polar surface area (TPSA) is 350 Å². The van der Waals surface area contributed by atoms with Gasteiger partial charge in [0.2, 0.25) is 53.2 Å². The number of H-pyrrole nitrogens is 2. The van der Waals surface area contributed by atoms with E-state index in [4.69, 9.17) is 11.5 Å². The van der Waals surface area contributed by atoms with Crippen molar-refractivity contribution in [3.63, 3.8) is 0 Å². The number of carbonyl (C=O) groups excluding carboxylic acids is 9. The molecule has 14 N–H and O–H groups in total. The summed E-state index contributed by atoms with van der Waals surface area (Å²) < 4.78 is 0. The highest BCUT2D eigenvalue weighted by Crippen LogP contribution is 2.23. The van der Waals surface area contributed by atoms with Gasteiger partial charge >= 0.3 is 0 Å². The monoisotopic (exact) mass is 1070 g/mol. The maximum absolute atomic E-state index is 14.2. The van der Waals surface area contributed by atoms with E-state index in [2.05, 4.69) is 57.5 Å². The van der Waals surface area contributed by atoms with Crippen molar-refractivity contribution in [2.45, 2.75) is 121 Å². The number of imidazole rings is 1. The lowest BCUT2D eigenvalue weighted by molar-refractivity contribution is -0.135. The van der Waals surface area contributed by atoms with Crippen molar-refractivity contribution in [2.24, 2.45) is 23.3 Å². The number of nitrogens with two attached hydrogens (primary N) is 2. The standard InChI is InChI=1S/C52H74N14O9S/c1-29(2)18-35(25-66-28-76-26-42(66)51(74)55-6)61-50(73)41(21-34-23-56-27-59-34)62-44(68)24-58-52(75)45(30(3)4)65-46(69)31(5)60-49(72)40(20-33-22-57-38-15-11-10-14-36(33)38)64-48(71)39(16-17-43(54)67)63-47(70)37(53)19-32-12-8-7-9-13-32/h7-15,22-23,27,29-31,35,37,39-42,45,57H,16-21,24-26,28,53H2,1-6H3,(H2,54,67)(H,55,74)(H,56,59)(H,58,75)(H,60,72)(H,61,73)(H,62,68)(H,63,70)(H,64,71)(H,65,69)/t31-,35-,37+,39-,40-,41-,42-,45-/m0/s1. The van der Waals surface area contributed by atoms with Crippen LogP contribution in [0.5, 0.6) is 0 Å². The van der Waals surface area contributed by atoms with Crippen LogP contribution >= 0.6 is 11.8 Å². The first-order valence-corrected chi connectivity index (χ1v) is 26.6. The highest BCUT2D eigenvalue weighted by atomic mass is 32.2. The summed E-state index contributed by atoms with van der Waals surface area (Å²) in [6, 6.07) is 8.38. The van der Waals surface area contributed by atoms with Gasteiger partial charge in [-0.25, -0.2) is 4.98 Å². The number of aromatic nitrogens is 3. The van der Waals surface area contributed by atoms with Crippen LogP contribution in [-0.4, -0.2) is 153 Å². The third kappa shape index (κ3) is 18.2. The molecule has 0 spiro atoms. The first-order valence-electron chi connectivity index (χ1n) is 25.4. The predicted octanol–water partition coefficient (Wildman–Crippen LogP) is -0.620. The molecule has 8 atom stereocenters. The summed E-state index contributed by atoms with van der Waals surface area (Å²) >= 11 is 1.63. The Balaban J connectivity index is 1.23. The highest BCUT2D eigenvalue weighted by molar-refractivity contribution is 7.99. The van der Waals surface area contributed by atoms with E-state index in [0.717, 1.165) is 16.5 Å². The minimum absolute atomic E-state index is 0.0529. The van der Waals surface area contributed by atoms with Gasteiger partial charge in [0.1, 0.15) is 30.2 Å². The lowest BCUT2D eigenvalue weighted by atomic mass is 10.0. The van der Waals surface area contributed by atoms with Gasteiger partial charge in [0.25, 0.3) is 0 Å². The van der Waals surface area contributed by atoms with E-state index in [1.54, 1.807) is 63.1 Å². The fourth-order valence-corrected chi connectivity index (χ4v) is 9.95. The lowest BCUT2D eigenvalue weighted by Gasteiger charge is -2.30. The number of para-hydroxylation sites is 1. The molecule has 1 saturated heterocycles. The van der Waals surface area contributed by atoms with Crippen molar-refractivity contribution in [3.05, 3.63) is 90.1 Å².